The van der Waals surface area contributed by atoms with Crippen LogP contribution in [0.3, 0.4) is 0 Å². The summed E-state index contributed by atoms with van der Waals surface area (Å²) in [6.45, 7) is 11.2. The molecule has 8 heteroatoms. The molecule has 0 bridgehead atoms. The molecule has 0 unspecified atom stereocenters. The van der Waals surface area contributed by atoms with Gasteiger partial charge in [-0.2, -0.15) is 0 Å². The van der Waals surface area contributed by atoms with Crippen molar-refractivity contribution in [1.29, 1.82) is 0 Å². The Morgan fingerprint density at radius 2 is 1.62 bits per heavy atom. The van der Waals surface area contributed by atoms with Gasteiger partial charge >= 0.3 is 13.1 Å². The second-order valence-electron chi connectivity index (χ2n) is 7.76. The maximum atomic E-state index is 12.0. The largest absolute Gasteiger partial charge is 0.491 e. The van der Waals surface area contributed by atoms with E-state index in [9.17, 15) is 14.4 Å². The number of esters is 1. The van der Waals surface area contributed by atoms with Crippen LogP contribution in [0.25, 0.3) is 6.08 Å². The van der Waals surface area contributed by atoms with E-state index in [1.165, 1.54) is 18.7 Å². The molecule has 0 N–H and O–H groups in total. The fourth-order valence-corrected chi connectivity index (χ4v) is 3.21. The second-order valence-corrected chi connectivity index (χ2v) is 8.91. The predicted octanol–water partition coefficient (Wildman–Crippen LogP) is 3.73. The van der Waals surface area contributed by atoms with Crippen molar-refractivity contribution in [1.82, 2.24) is 0 Å². The summed E-state index contributed by atoms with van der Waals surface area (Å²) in [7, 11) is -0.576. The highest BCUT2D eigenvalue weighted by Crippen LogP contribution is 2.39. The van der Waals surface area contributed by atoms with E-state index >= 15 is 0 Å². The van der Waals surface area contributed by atoms with Gasteiger partial charge in [0.1, 0.15) is 0 Å². The van der Waals surface area contributed by atoms with Crippen molar-refractivity contribution in [3.05, 3.63) is 40.9 Å². The van der Waals surface area contributed by atoms with Crippen LogP contribution in [-0.4, -0.2) is 47.5 Å². The normalized spacial score (nSPS) is 17.9. The van der Waals surface area contributed by atoms with E-state index in [0.29, 0.717) is 5.75 Å². The van der Waals surface area contributed by atoms with Gasteiger partial charge in [-0.3, -0.25) is 9.59 Å². The Morgan fingerprint density at radius 3 is 2.10 bits per heavy atom. The third kappa shape index (κ3) is 5.81. The lowest BCUT2D eigenvalue weighted by Gasteiger charge is -2.32. The SMILES string of the molecule is CCOC(=O)C(=O)c1ccc(C=C(CSC(C)=O)B2OC(C)(C)C(C)(C)O2)cc1. The monoisotopic (exact) mass is 418 g/mol. The minimum Gasteiger partial charge on any atom is -0.460 e. The van der Waals surface area contributed by atoms with E-state index < -0.39 is 30.1 Å². The number of thioether (sulfide) groups is 1. The first-order valence-corrected chi connectivity index (χ1v) is 10.5. The van der Waals surface area contributed by atoms with E-state index in [1.54, 1.807) is 31.2 Å². The number of carbonyl (C=O) groups excluding carboxylic acids is 3. The Hall–Kier alpha value is -1.90. The van der Waals surface area contributed by atoms with E-state index in [0.717, 1.165) is 11.0 Å². The molecule has 6 nitrogen and oxygen atoms in total. The lowest BCUT2D eigenvalue weighted by atomic mass is 9.78. The summed E-state index contributed by atoms with van der Waals surface area (Å²) in [4.78, 5) is 35.1. The molecule has 0 atom stereocenters. The number of ketones is 1. The summed E-state index contributed by atoms with van der Waals surface area (Å²) in [6, 6.07) is 6.61. The van der Waals surface area contributed by atoms with E-state index in [4.69, 9.17) is 14.0 Å². The minimum atomic E-state index is -0.869. The standard InChI is InChI=1S/C21H27BO6S/c1-7-26-19(25)18(24)16-10-8-15(9-11-16)12-17(13-29-14(2)23)22-27-20(3,4)21(5,6)28-22/h8-12H,7,13H2,1-6H3. The average Bonchev–Trinajstić information content (AvgIpc) is 2.86. The zero-order chi connectivity index (χ0) is 21.8. The van der Waals surface area contributed by atoms with Crippen LogP contribution in [-0.2, 0) is 23.6 Å². The highest BCUT2D eigenvalue weighted by Gasteiger charge is 2.52. The number of benzene rings is 1. The molecule has 29 heavy (non-hydrogen) atoms. The Bertz CT molecular complexity index is 797. The molecule has 1 heterocycles. The summed E-state index contributed by atoms with van der Waals surface area (Å²) >= 11 is 1.18. The number of hydrogen-bond donors (Lipinski definition) is 0. The topological polar surface area (TPSA) is 78.9 Å². The zero-order valence-corrected chi connectivity index (χ0v) is 18.6. The molecule has 1 fully saturated rings. The Balaban J connectivity index is 2.26. The number of Topliss-reactive ketones (excluding diaryl/α,β-unsaturated/α-hetero) is 1. The Kier molecular flexibility index (Phi) is 7.48. The number of hydrogen-bond acceptors (Lipinski definition) is 7. The third-order valence-corrected chi connectivity index (χ3v) is 5.87. The molecule has 0 amide bonds. The van der Waals surface area contributed by atoms with Crippen LogP contribution in [0.1, 0.15) is 57.5 Å². The maximum Gasteiger partial charge on any atom is 0.491 e. The van der Waals surface area contributed by atoms with Crippen molar-refractivity contribution in [2.45, 2.75) is 52.7 Å². The summed E-state index contributed by atoms with van der Waals surface area (Å²) < 4.78 is 17.0. The molecule has 0 aromatic heterocycles. The highest BCUT2D eigenvalue weighted by molar-refractivity contribution is 8.13. The van der Waals surface area contributed by atoms with Crippen molar-refractivity contribution in [2.75, 3.05) is 12.4 Å². The Labute approximate surface area is 176 Å². The first-order chi connectivity index (χ1) is 13.5. The van der Waals surface area contributed by atoms with Crippen molar-refractivity contribution in [3.63, 3.8) is 0 Å². The number of rotatable bonds is 7. The van der Waals surface area contributed by atoms with Crippen LogP contribution in [0.2, 0.25) is 0 Å². The maximum absolute atomic E-state index is 12.0. The van der Waals surface area contributed by atoms with E-state index in [-0.39, 0.29) is 17.3 Å². The van der Waals surface area contributed by atoms with Gasteiger partial charge in [-0.05, 0) is 45.7 Å². The van der Waals surface area contributed by atoms with E-state index in [2.05, 4.69) is 0 Å². The first kappa shape index (κ1) is 23.4. The molecule has 156 valence electrons. The second kappa shape index (κ2) is 9.28. The molecule has 0 radical (unpaired) electrons. The van der Waals surface area contributed by atoms with Gasteiger partial charge in [-0.1, -0.05) is 42.1 Å². The van der Waals surface area contributed by atoms with Gasteiger partial charge in [-0.15, -0.1) is 0 Å². The lowest BCUT2D eigenvalue weighted by molar-refractivity contribution is -0.137. The first-order valence-electron chi connectivity index (χ1n) is 9.48. The molecular weight excluding hydrogens is 391 g/mol. The number of ether oxygens (including phenoxy) is 1. The molecule has 1 aromatic rings. The summed E-state index contributed by atoms with van der Waals surface area (Å²) in [6.07, 6.45) is 1.89. The van der Waals surface area contributed by atoms with Crippen molar-refractivity contribution in [2.24, 2.45) is 0 Å². The zero-order valence-electron chi connectivity index (χ0n) is 17.7. The molecule has 1 aromatic carbocycles. The summed E-state index contributed by atoms with van der Waals surface area (Å²) in [5.74, 6) is -1.12. The summed E-state index contributed by atoms with van der Waals surface area (Å²) in [5, 5.41) is 0.00259. The van der Waals surface area contributed by atoms with Crippen LogP contribution in [0, 0.1) is 0 Å². The van der Waals surface area contributed by atoms with Crippen molar-refractivity contribution < 1.29 is 28.4 Å². The molecule has 1 aliphatic heterocycles. The fraction of sp³-hybridized carbons (Fsp3) is 0.476. The molecular formula is C21H27BO6S. The van der Waals surface area contributed by atoms with Crippen molar-refractivity contribution >= 4 is 41.8 Å². The highest BCUT2D eigenvalue weighted by atomic mass is 32.2. The van der Waals surface area contributed by atoms with Gasteiger partial charge in [0.15, 0.2) is 5.12 Å². The Morgan fingerprint density at radius 1 is 1.07 bits per heavy atom. The van der Waals surface area contributed by atoms with Gasteiger partial charge < -0.3 is 14.0 Å². The molecule has 1 saturated heterocycles. The molecule has 0 saturated carbocycles. The van der Waals surface area contributed by atoms with Gasteiger partial charge in [0, 0.05) is 18.2 Å². The van der Waals surface area contributed by atoms with E-state index in [1.807, 2.05) is 33.8 Å². The van der Waals surface area contributed by atoms with Crippen LogP contribution in [0.15, 0.2) is 29.7 Å². The third-order valence-electron chi connectivity index (χ3n) is 4.98. The molecule has 1 aliphatic rings. The van der Waals surface area contributed by atoms with Crippen molar-refractivity contribution in [3.8, 4) is 0 Å². The van der Waals surface area contributed by atoms with Gasteiger partial charge in [0.2, 0.25) is 0 Å². The molecule has 0 spiro atoms. The van der Waals surface area contributed by atoms with Crippen LogP contribution in [0.5, 0.6) is 0 Å². The molecule has 2 rings (SSSR count). The minimum absolute atomic E-state index is 0.00259. The summed E-state index contributed by atoms with van der Waals surface area (Å²) in [5.41, 5.74) is 0.893. The van der Waals surface area contributed by atoms with Gasteiger partial charge in [0.05, 0.1) is 17.8 Å². The lowest BCUT2D eigenvalue weighted by Crippen LogP contribution is -2.41. The quantitative estimate of drug-likeness (QED) is 0.289. The number of carbonyl (C=O) groups is 3. The predicted molar refractivity (Wildman–Crippen MR) is 115 cm³/mol. The smallest absolute Gasteiger partial charge is 0.460 e. The van der Waals surface area contributed by atoms with Crippen LogP contribution < -0.4 is 0 Å². The fourth-order valence-electron chi connectivity index (χ4n) is 2.62. The van der Waals surface area contributed by atoms with Crippen LogP contribution in [0.4, 0.5) is 0 Å². The molecule has 0 aliphatic carbocycles. The van der Waals surface area contributed by atoms with Gasteiger partial charge in [-0.25, -0.2) is 4.79 Å². The van der Waals surface area contributed by atoms with Gasteiger partial charge in [0.25, 0.3) is 5.78 Å². The average molecular weight is 418 g/mol. The van der Waals surface area contributed by atoms with Crippen LogP contribution >= 0.6 is 11.8 Å².